The van der Waals surface area contributed by atoms with Crippen molar-refractivity contribution in [2.24, 2.45) is 0 Å². The van der Waals surface area contributed by atoms with Crippen molar-refractivity contribution in [3.8, 4) is 0 Å². The van der Waals surface area contributed by atoms with Gasteiger partial charge < -0.3 is 5.32 Å². The number of nitrogens with zero attached hydrogens (tertiary/aromatic N) is 1. The van der Waals surface area contributed by atoms with Gasteiger partial charge in [0.2, 0.25) is 0 Å². The molecule has 0 aromatic heterocycles. The van der Waals surface area contributed by atoms with Crippen molar-refractivity contribution < 1.29 is 0 Å². The Hall–Kier alpha value is -0.350. The monoisotopic (exact) mass is 159 g/mol. The second kappa shape index (κ2) is 3.73. The number of hydrazine groups is 1. The van der Waals surface area contributed by atoms with E-state index < -0.39 is 0 Å². The first-order chi connectivity index (χ1) is 4.84. The van der Waals surface area contributed by atoms with E-state index in [4.69, 9.17) is 12.2 Å². The summed E-state index contributed by atoms with van der Waals surface area (Å²) in [6.45, 7) is 2.07. The molecular formula is C6H13N3S. The summed E-state index contributed by atoms with van der Waals surface area (Å²) in [5.41, 5.74) is 3.20. The molecule has 0 amide bonds. The zero-order valence-corrected chi connectivity index (χ0v) is 7.00. The van der Waals surface area contributed by atoms with Crippen LogP contribution in [0, 0.1) is 0 Å². The highest BCUT2D eigenvalue weighted by Crippen LogP contribution is 1.98. The summed E-state index contributed by atoms with van der Waals surface area (Å²) < 4.78 is 0. The molecule has 3 nitrogen and oxygen atoms in total. The van der Waals surface area contributed by atoms with Crippen LogP contribution in [-0.2, 0) is 0 Å². The molecule has 0 aliphatic carbocycles. The molecule has 58 valence electrons. The molecule has 4 heteroatoms. The molecule has 0 atom stereocenters. The van der Waals surface area contributed by atoms with E-state index in [1.165, 1.54) is 12.8 Å². The lowest BCUT2D eigenvalue weighted by molar-refractivity contribution is 0.255. The van der Waals surface area contributed by atoms with E-state index in [1.54, 1.807) is 0 Å². The lowest BCUT2D eigenvalue weighted by atomic mass is 10.3. The highest BCUT2D eigenvalue weighted by atomic mass is 32.1. The van der Waals surface area contributed by atoms with E-state index in [1.807, 2.05) is 12.1 Å². The predicted molar refractivity (Wildman–Crippen MR) is 45.6 cm³/mol. The van der Waals surface area contributed by atoms with Crippen molar-refractivity contribution in [2.75, 3.05) is 20.1 Å². The maximum absolute atomic E-state index is 5.03. The Morgan fingerprint density at radius 2 is 2.40 bits per heavy atom. The Kier molecular flexibility index (Phi) is 2.89. The summed E-state index contributed by atoms with van der Waals surface area (Å²) in [4.78, 5) is 0. The highest BCUT2D eigenvalue weighted by Gasteiger charge is 2.10. The van der Waals surface area contributed by atoms with Crippen molar-refractivity contribution in [3.05, 3.63) is 0 Å². The minimum absolute atomic E-state index is 0.791. The van der Waals surface area contributed by atoms with E-state index in [0.717, 1.165) is 18.2 Å². The molecule has 0 spiro atoms. The topological polar surface area (TPSA) is 27.3 Å². The molecule has 0 radical (unpaired) electrons. The average Bonchev–Trinajstić information content (AvgIpc) is 2.05. The van der Waals surface area contributed by atoms with E-state index in [2.05, 4.69) is 10.7 Å². The van der Waals surface area contributed by atoms with Crippen LogP contribution in [0.15, 0.2) is 0 Å². The van der Waals surface area contributed by atoms with Gasteiger partial charge >= 0.3 is 0 Å². The van der Waals surface area contributed by atoms with E-state index in [-0.39, 0.29) is 0 Å². The number of nitrogens with one attached hydrogen (secondary N) is 2. The molecule has 1 heterocycles. The fraction of sp³-hybridized carbons (Fsp3) is 0.833. The summed E-state index contributed by atoms with van der Waals surface area (Å²) >= 11 is 5.03. The zero-order chi connectivity index (χ0) is 7.40. The molecule has 0 bridgehead atoms. The summed E-state index contributed by atoms with van der Waals surface area (Å²) in [5, 5.41) is 5.71. The van der Waals surface area contributed by atoms with Gasteiger partial charge in [-0.05, 0) is 25.1 Å². The molecule has 1 aliphatic heterocycles. The highest BCUT2D eigenvalue weighted by molar-refractivity contribution is 7.80. The standard InChI is InChI=1S/C6H13N3S/c1-7-6(10)9-5-3-2-4-8-9/h8H,2-5H2,1H3,(H,7,10). The molecule has 0 unspecified atom stereocenters. The van der Waals surface area contributed by atoms with Gasteiger partial charge in [0.25, 0.3) is 0 Å². The summed E-state index contributed by atoms with van der Waals surface area (Å²) in [5.74, 6) is 0. The van der Waals surface area contributed by atoms with Crippen LogP contribution in [0.25, 0.3) is 0 Å². The van der Waals surface area contributed by atoms with Gasteiger partial charge in [0, 0.05) is 20.1 Å². The molecule has 1 saturated heterocycles. The van der Waals surface area contributed by atoms with Gasteiger partial charge in [0.05, 0.1) is 0 Å². The van der Waals surface area contributed by atoms with Gasteiger partial charge in [-0.2, -0.15) is 0 Å². The summed E-state index contributed by atoms with van der Waals surface area (Å²) in [6.07, 6.45) is 2.48. The van der Waals surface area contributed by atoms with Gasteiger partial charge in [0.1, 0.15) is 0 Å². The first kappa shape index (κ1) is 7.75. The van der Waals surface area contributed by atoms with Crippen molar-refractivity contribution in [1.29, 1.82) is 0 Å². The SMILES string of the molecule is CNC(=S)N1CCCCN1. The number of hydrogen-bond donors (Lipinski definition) is 2. The van der Waals surface area contributed by atoms with Crippen LogP contribution in [0.3, 0.4) is 0 Å². The lowest BCUT2D eigenvalue weighted by Crippen LogP contribution is -2.50. The minimum Gasteiger partial charge on any atom is -0.365 e. The Morgan fingerprint density at radius 1 is 1.60 bits per heavy atom. The summed E-state index contributed by atoms with van der Waals surface area (Å²) in [7, 11) is 1.85. The Balaban J connectivity index is 2.31. The largest absolute Gasteiger partial charge is 0.365 e. The van der Waals surface area contributed by atoms with Gasteiger partial charge in [0.15, 0.2) is 5.11 Å². The van der Waals surface area contributed by atoms with E-state index in [0.29, 0.717) is 0 Å². The van der Waals surface area contributed by atoms with Crippen LogP contribution in [0.2, 0.25) is 0 Å². The van der Waals surface area contributed by atoms with Crippen LogP contribution < -0.4 is 10.7 Å². The number of hydrogen-bond acceptors (Lipinski definition) is 2. The normalized spacial score (nSPS) is 18.7. The molecule has 1 aliphatic rings. The average molecular weight is 159 g/mol. The minimum atomic E-state index is 0.791. The molecule has 0 aromatic rings. The van der Waals surface area contributed by atoms with Crippen LogP contribution in [0.4, 0.5) is 0 Å². The molecule has 1 rings (SSSR count). The molecular weight excluding hydrogens is 146 g/mol. The second-order valence-electron chi connectivity index (χ2n) is 2.32. The van der Waals surface area contributed by atoms with Gasteiger partial charge in [-0.15, -0.1) is 0 Å². The van der Waals surface area contributed by atoms with Crippen molar-refractivity contribution >= 4 is 17.3 Å². The molecule has 10 heavy (non-hydrogen) atoms. The quantitative estimate of drug-likeness (QED) is 0.490. The number of thiocarbonyl (C=S) groups is 1. The van der Waals surface area contributed by atoms with Crippen LogP contribution in [0.1, 0.15) is 12.8 Å². The first-order valence-electron chi connectivity index (χ1n) is 3.57. The third kappa shape index (κ3) is 1.82. The van der Waals surface area contributed by atoms with E-state index >= 15 is 0 Å². The third-order valence-corrected chi connectivity index (χ3v) is 1.99. The fourth-order valence-electron chi connectivity index (χ4n) is 0.996. The molecule has 2 N–H and O–H groups in total. The van der Waals surface area contributed by atoms with Gasteiger partial charge in [-0.25, -0.2) is 5.43 Å². The van der Waals surface area contributed by atoms with Crippen molar-refractivity contribution in [3.63, 3.8) is 0 Å². The zero-order valence-electron chi connectivity index (χ0n) is 6.18. The Bertz CT molecular complexity index is 120. The van der Waals surface area contributed by atoms with Crippen LogP contribution in [-0.4, -0.2) is 30.3 Å². The Morgan fingerprint density at radius 3 is 2.90 bits per heavy atom. The molecule has 1 fully saturated rings. The van der Waals surface area contributed by atoms with Crippen LogP contribution in [0.5, 0.6) is 0 Å². The predicted octanol–water partition coefficient (Wildman–Crippen LogP) is 0.0911. The van der Waals surface area contributed by atoms with Crippen molar-refractivity contribution in [1.82, 2.24) is 15.8 Å². The first-order valence-corrected chi connectivity index (χ1v) is 3.98. The van der Waals surface area contributed by atoms with Gasteiger partial charge in [-0.1, -0.05) is 0 Å². The molecule has 0 aromatic carbocycles. The van der Waals surface area contributed by atoms with Crippen molar-refractivity contribution in [2.45, 2.75) is 12.8 Å². The fourth-order valence-corrected chi connectivity index (χ4v) is 1.15. The van der Waals surface area contributed by atoms with E-state index in [9.17, 15) is 0 Å². The smallest absolute Gasteiger partial charge is 0.183 e. The lowest BCUT2D eigenvalue weighted by Gasteiger charge is -2.29. The maximum Gasteiger partial charge on any atom is 0.183 e. The summed E-state index contributed by atoms with van der Waals surface area (Å²) in [6, 6.07) is 0. The molecule has 0 saturated carbocycles. The Labute approximate surface area is 66.7 Å². The maximum atomic E-state index is 5.03. The second-order valence-corrected chi connectivity index (χ2v) is 2.71. The number of rotatable bonds is 0. The third-order valence-electron chi connectivity index (χ3n) is 1.57. The van der Waals surface area contributed by atoms with Crippen LogP contribution >= 0.6 is 12.2 Å². The van der Waals surface area contributed by atoms with Gasteiger partial charge in [-0.3, -0.25) is 5.01 Å².